The van der Waals surface area contributed by atoms with Crippen LogP contribution >= 0.6 is 24.0 Å². The summed E-state index contributed by atoms with van der Waals surface area (Å²) in [6.07, 6.45) is 7.74. The molecule has 4 heterocycles. The van der Waals surface area contributed by atoms with Crippen LogP contribution in [-0.4, -0.2) is 37.3 Å². The van der Waals surface area contributed by atoms with E-state index in [-0.39, 0.29) is 24.3 Å². The number of thiocarbonyl (C=S) groups is 1. The van der Waals surface area contributed by atoms with E-state index in [0.29, 0.717) is 50.2 Å². The van der Waals surface area contributed by atoms with Gasteiger partial charge in [0, 0.05) is 12.2 Å². The average molecular weight is 549 g/mol. The second kappa shape index (κ2) is 10.1. The van der Waals surface area contributed by atoms with Gasteiger partial charge in [-0.1, -0.05) is 43.0 Å². The van der Waals surface area contributed by atoms with Crippen LogP contribution in [0.15, 0.2) is 46.2 Å². The summed E-state index contributed by atoms with van der Waals surface area (Å²) < 4.78 is 12.8. The van der Waals surface area contributed by atoms with Crippen LogP contribution in [0.25, 0.3) is 11.7 Å². The number of amides is 1. The molecule has 1 N–H and O–H groups in total. The second-order valence-corrected chi connectivity index (χ2v) is 11.8. The third-order valence-corrected chi connectivity index (χ3v) is 8.67. The Kier molecular flexibility index (Phi) is 6.61. The lowest BCUT2D eigenvalue weighted by molar-refractivity contribution is -0.122. The van der Waals surface area contributed by atoms with E-state index in [2.05, 4.69) is 12.2 Å². The van der Waals surface area contributed by atoms with Crippen molar-refractivity contribution >= 4 is 51.7 Å². The molecule has 1 aromatic carbocycles. The Morgan fingerprint density at radius 1 is 1.13 bits per heavy atom. The first kappa shape index (κ1) is 24.9. The summed E-state index contributed by atoms with van der Waals surface area (Å²) >= 11 is 6.77. The molecule has 8 nitrogen and oxygen atoms in total. The number of thioether (sulfide) groups is 1. The molecule has 196 valence electrons. The smallest absolute Gasteiger partial charge is 0.267 e. The van der Waals surface area contributed by atoms with Gasteiger partial charge >= 0.3 is 0 Å². The van der Waals surface area contributed by atoms with Gasteiger partial charge in [0.25, 0.3) is 11.5 Å². The average Bonchev–Trinajstić information content (AvgIpc) is 3.47. The van der Waals surface area contributed by atoms with Gasteiger partial charge in [-0.05, 0) is 73.9 Å². The van der Waals surface area contributed by atoms with E-state index in [9.17, 15) is 9.59 Å². The molecule has 0 unspecified atom stereocenters. The summed E-state index contributed by atoms with van der Waals surface area (Å²) in [6.45, 7) is 4.70. The molecule has 0 bridgehead atoms. The molecule has 2 aromatic heterocycles. The summed E-state index contributed by atoms with van der Waals surface area (Å²) in [5.74, 6) is 2.33. The predicted octanol–water partition coefficient (Wildman–Crippen LogP) is 5.12. The van der Waals surface area contributed by atoms with Crippen molar-refractivity contribution in [1.29, 1.82) is 0 Å². The van der Waals surface area contributed by atoms with E-state index in [1.807, 2.05) is 37.3 Å². The van der Waals surface area contributed by atoms with E-state index in [0.717, 1.165) is 36.8 Å². The molecule has 38 heavy (non-hydrogen) atoms. The van der Waals surface area contributed by atoms with E-state index in [1.165, 1.54) is 11.8 Å². The Morgan fingerprint density at radius 2 is 1.92 bits per heavy atom. The topological polar surface area (TPSA) is 85.2 Å². The third-order valence-electron chi connectivity index (χ3n) is 7.29. The number of nitrogens with zero attached hydrogens (tertiary/aromatic N) is 3. The molecule has 1 aliphatic carbocycles. The van der Waals surface area contributed by atoms with Crippen LogP contribution in [0.4, 0.5) is 5.82 Å². The van der Waals surface area contributed by atoms with Crippen molar-refractivity contribution in [2.24, 2.45) is 5.92 Å². The molecule has 3 aliphatic rings. The molecule has 1 saturated heterocycles. The molecule has 2 aliphatic heterocycles. The molecule has 3 aromatic rings. The van der Waals surface area contributed by atoms with Gasteiger partial charge in [-0.15, -0.1) is 0 Å². The van der Waals surface area contributed by atoms with Crippen molar-refractivity contribution in [3.05, 3.63) is 68.5 Å². The molecule has 6 rings (SSSR count). The number of carbonyl (C=O) groups excluding carboxylic acids is 1. The highest BCUT2D eigenvalue weighted by Gasteiger charge is 2.33. The normalized spacial score (nSPS) is 22.1. The zero-order valence-corrected chi connectivity index (χ0v) is 22.9. The first-order chi connectivity index (χ1) is 18.4. The fourth-order valence-corrected chi connectivity index (χ4v) is 6.32. The van der Waals surface area contributed by atoms with Crippen LogP contribution < -0.4 is 20.3 Å². The monoisotopic (exact) mass is 548 g/mol. The molecule has 1 saturated carbocycles. The summed E-state index contributed by atoms with van der Waals surface area (Å²) in [5, 5.41) is 3.53. The van der Waals surface area contributed by atoms with E-state index >= 15 is 0 Å². The van der Waals surface area contributed by atoms with E-state index in [1.54, 1.807) is 21.6 Å². The van der Waals surface area contributed by atoms with Gasteiger partial charge in [-0.2, -0.15) is 0 Å². The van der Waals surface area contributed by atoms with Crippen molar-refractivity contribution in [2.75, 3.05) is 12.1 Å². The number of carbonyl (C=O) groups is 1. The van der Waals surface area contributed by atoms with Crippen LogP contribution in [0.2, 0.25) is 0 Å². The fraction of sp³-hybridized carbons (Fsp3) is 0.357. The number of rotatable bonds is 5. The van der Waals surface area contributed by atoms with Crippen LogP contribution in [0, 0.1) is 12.8 Å². The quantitative estimate of drug-likeness (QED) is 0.347. The Bertz CT molecular complexity index is 1540. The maximum atomic E-state index is 13.7. The van der Waals surface area contributed by atoms with Crippen LogP contribution in [0.3, 0.4) is 0 Å². The molecule has 0 spiro atoms. The highest BCUT2D eigenvalue weighted by molar-refractivity contribution is 8.26. The van der Waals surface area contributed by atoms with E-state index in [4.69, 9.17) is 26.7 Å². The lowest BCUT2D eigenvalue weighted by Crippen LogP contribution is -2.29. The lowest BCUT2D eigenvalue weighted by atomic mass is 9.87. The summed E-state index contributed by atoms with van der Waals surface area (Å²) in [6, 6.07) is 9.61. The Labute approximate surface area is 230 Å². The van der Waals surface area contributed by atoms with Crippen LogP contribution in [0.5, 0.6) is 11.5 Å². The maximum absolute atomic E-state index is 13.7. The van der Waals surface area contributed by atoms with Gasteiger partial charge in [0.05, 0.1) is 17.0 Å². The van der Waals surface area contributed by atoms with E-state index < -0.39 is 0 Å². The fourth-order valence-electron chi connectivity index (χ4n) is 5.09. The van der Waals surface area contributed by atoms with Crippen LogP contribution in [0.1, 0.15) is 49.3 Å². The summed E-state index contributed by atoms with van der Waals surface area (Å²) in [7, 11) is 0. The molecule has 2 fully saturated rings. The van der Waals surface area contributed by atoms with Crippen molar-refractivity contribution in [3.63, 3.8) is 0 Å². The number of pyridine rings is 1. The second-order valence-electron chi connectivity index (χ2n) is 10.2. The minimum Gasteiger partial charge on any atom is -0.454 e. The number of nitrogens with one attached hydrogen (secondary N) is 1. The summed E-state index contributed by atoms with van der Waals surface area (Å²) in [4.78, 5) is 33.9. The number of anilines is 1. The summed E-state index contributed by atoms with van der Waals surface area (Å²) in [5.41, 5.74) is 2.55. The van der Waals surface area contributed by atoms with Crippen LogP contribution in [-0.2, 0) is 11.3 Å². The predicted molar refractivity (Wildman–Crippen MR) is 153 cm³/mol. The number of hydrogen-bond donors (Lipinski definition) is 1. The highest BCUT2D eigenvalue weighted by Crippen LogP contribution is 2.37. The molecule has 10 heteroatoms. The number of aryl methyl sites for hydroxylation is 1. The molecule has 1 amide bonds. The maximum Gasteiger partial charge on any atom is 0.267 e. The molecule has 0 radical (unpaired) electrons. The number of aromatic nitrogens is 2. The minimum atomic E-state index is -0.233. The third kappa shape index (κ3) is 4.78. The van der Waals surface area contributed by atoms with Gasteiger partial charge in [0.15, 0.2) is 11.5 Å². The van der Waals surface area contributed by atoms with Crippen molar-refractivity contribution in [3.8, 4) is 11.5 Å². The standard InChI is InChI=1S/C28H28N4O4S2/c1-16-3-7-19(8-4-16)29-25-20(26(33)31-13-17(2)5-10-24(31)30-25)12-23-27(34)32(28(37)38-23)14-18-6-9-21-22(11-18)36-15-35-21/h5-6,9-13,16,19,29H,3-4,7-8,14-15H2,1-2H3. The first-order valence-corrected chi connectivity index (χ1v) is 14.0. The number of fused-ring (bicyclic) bond motifs is 2. The molecular weight excluding hydrogens is 520 g/mol. The highest BCUT2D eigenvalue weighted by atomic mass is 32.2. The SMILES string of the molecule is Cc1ccc2nc(NC3CCC(C)CC3)c(C=C3SC(=S)N(Cc4ccc5c(c4)OCO5)C3=O)c(=O)n2c1. The van der Waals surface area contributed by atoms with Crippen molar-refractivity contribution in [1.82, 2.24) is 14.3 Å². The molecule has 0 atom stereocenters. The van der Waals surface area contributed by atoms with Gasteiger partial charge < -0.3 is 14.8 Å². The number of ether oxygens (including phenoxy) is 2. The Hall–Kier alpha value is -3.37. The Balaban J connectivity index is 1.34. The zero-order chi connectivity index (χ0) is 26.4. The van der Waals surface area contributed by atoms with Gasteiger partial charge in [0.2, 0.25) is 6.79 Å². The van der Waals surface area contributed by atoms with Crippen molar-refractivity contribution < 1.29 is 14.3 Å². The van der Waals surface area contributed by atoms with Gasteiger partial charge in [-0.3, -0.25) is 18.9 Å². The number of benzene rings is 1. The Morgan fingerprint density at radius 3 is 2.74 bits per heavy atom. The van der Waals surface area contributed by atoms with Gasteiger partial charge in [0.1, 0.15) is 15.8 Å². The largest absolute Gasteiger partial charge is 0.454 e. The minimum absolute atomic E-state index is 0.188. The zero-order valence-electron chi connectivity index (χ0n) is 21.2. The first-order valence-electron chi connectivity index (χ1n) is 12.8. The number of hydrogen-bond acceptors (Lipinski definition) is 8. The van der Waals surface area contributed by atoms with Gasteiger partial charge in [-0.25, -0.2) is 4.98 Å². The lowest BCUT2D eigenvalue weighted by Gasteiger charge is -2.27. The van der Waals surface area contributed by atoms with Crippen molar-refractivity contribution in [2.45, 2.75) is 52.1 Å². The molecular formula is C28H28N4O4S2.